The molecule has 170 valence electrons. The van der Waals surface area contributed by atoms with Gasteiger partial charge in [-0.25, -0.2) is 14.8 Å². The van der Waals surface area contributed by atoms with Crippen LogP contribution in [-0.2, 0) is 4.74 Å². The quantitative estimate of drug-likeness (QED) is 0.261. The molecule has 0 aliphatic heterocycles. The summed E-state index contributed by atoms with van der Waals surface area (Å²) < 4.78 is 6.09. The highest BCUT2D eigenvalue weighted by Crippen LogP contribution is 2.26. The van der Waals surface area contributed by atoms with Gasteiger partial charge in [0.05, 0.1) is 35.2 Å². The van der Waals surface area contributed by atoms with Crippen molar-refractivity contribution in [3.8, 4) is 11.6 Å². The minimum absolute atomic E-state index is 0.233. The maximum atomic E-state index is 13.2. The van der Waals surface area contributed by atoms with Gasteiger partial charge in [0.25, 0.3) is 11.5 Å². The molecule has 0 aliphatic rings. The Balaban J connectivity index is 1.75. The molecule has 0 unspecified atom stereocenters. The van der Waals surface area contributed by atoms with Crippen molar-refractivity contribution in [2.45, 2.75) is 6.92 Å². The molecule has 2 aromatic carbocycles. The number of carbonyl (C=O) groups is 2. The van der Waals surface area contributed by atoms with Gasteiger partial charge in [0.15, 0.2) is 0 Å². The Kier molecular flexibility index (Phi) is 6.45. The molecule has 4 aromatic rings. The van der Waals surface area contributed by atoms with Crippen molar-refractivity contribution >= 4 is 28.9 Å². The van der Waals surface area contributed by atoms with Gasteiger partial charge >= 0.3 is 5.97 Å². The lowest BCUT2D eigenvalue weighted by Gasteiger charge is -2.14. The van der Waals surface area contributed by atoms with E-state index in [-0.39, 0.29) is 18.1 Å². The number of hydrogen-bond donors (Lipinski definition) is 2. The molecule has 1 amide bonds. The van der Waals surface area contributed by atoms with Crippen molar-refractivity contribution in [2.24, 2.45) is 5.10 Å². The second kappa shape index (κ2) is 9.78. The van der Waals surface area contributed by atoms with Crippen LogP contribution in [0.25, 0.3) is 16.5 Å². The normalized spacial score (nSPS) is 11.0. The van der Waals surface area contributed by atoms with Crippen LogP contribution in [0.1, 0.15) is 33.2 Å². The summed E-state index contributed by atoms with van der Waals surface area (Å²) >= 11 is 0. The van der Waals surface area contributed by atoms with E-state index in [9.17, 15) is 19.5 Å². The summed E-state index contributed by atoms with van der Waals surface area (Å²) in [6.45, 7) is 1.95. The number of pyridine rings is 2. The van der Waals surface area contributed by atoms with Crippen LogP contribution in [0.15, 0.2) is 83.0 Å². The van der Waals surface area contributed by atoms with E-state index in [4.69, 9.17) is 4.74 Å². The molecule has 0 saturated carbocycles. The first-order valence-corrected chi connectivity index (χ1v) is 10.4. The molecule has 2 N–H and O–H groups in total. The molecule has 0 saturated heterocycles. The molecule has 9 nitrogen and oxygen atoms in total. The van der Waals surface area contributed by atoms with Crippen LogP contribution in [0.3, 0.4) is 0 Å². The number of aromatic nitrogens is 2. The smallest absolute Gasteiger partial charge is 0.338 e. The van der Waals surface area contributed by atoms with Gasteiger partial charge in [0.1, 0.15) is 0 Å². The predicted molar refractivity (Wildman–Crippen MR) is 126 cm³/mol. The number of fused-ring (bicyclic) bond motifs is 1. The summed E-state index contributed by atoms with van der Waals surface area (Å²) in [5, 5.41) is 15.8. The first-order valence-electron chi connectivity index (χ1n) is 10.4. The van der Waals surface area contributed by atoms with Crippen LogP contribution in [-0.4, -0.2) is 39.4 Å². The Hall–Kier alpha value is -4.79. The van der Waals surface area contributed by atoms with Gasteiger partial charge in [0.2, 0.25) is 5.88 Å². The summed E-state index contributed by atoms with van der Waals surface area (Å²) in [6.07, 6.45) is 4.22. The molecule has 34 heavy (non-hydrogen) atoms. The predicted octanol–water partition coefficient (Wildman–Crippen LogP) is 3.03. The van der Waals surface area contributed by atoms with Gasteiger partial charge in [-0.15, -0.1) is 0 Å². The molecule has 0 spiro atoms. The highest BCUT2D eigenvalue weighted by Gasteiger charge is 2.17. The Morgan fingerprint density at radius 2 is 1.79 bits per heavy atom. The number of amides is 1. The maximum Gasteiger partial charge on any atom is 0.338 e. The molecule has 0 bridgehead atoms. The lowest BCUT2D eigenvalue weighted by atomic mass is 10.1. The van der Waals surface area contributed by atoms with Gasteiger partial charge in [-0.05, 0) is 49.4 Å². The average Bonchev–Trinajstić information content (AvgIpc) is 2.87. The van der Waals surface area contributed by atoms with Crippen molar-refractivity contribution in [3.63, 3.8) is 0 Å². The van der Waals surface area contributed by atoms with E-state index in [1.165, 1.54) is 36.7 Å². The van der Waals surface area contributed by atoms with E-state index in [0.29, 0.717) is 27.6 Å². The maximum absolute atomic E-state index is 13.2. The van der Waals surface area contributed by atoms with E-state index in [1.807, 2.05) is 0 Å². The van der Waals surface area contributed by atoms with Crippen LogP contribution >= 0.6 is 0 Å². The standard InChI is InChI=1S/C25H20N4O5/c1-2-34-25(33)16-9-11-18(12-10-16)29-23(31)20-8-4-3-7-19(20)21(24(29)32)15-27-28-22(30)17-6-5-13-26-14-17/h3-15,32H,2H2,1H3,(H,28,30)/b27-15-. The lowest BCUT2D eigenvalue weighted by Crippen LogP contribution is -2.21. The number of aromatic hydroxyl groups is 1. The zero-order valence-electron chi connectivity index (χ0n) is 18.1. The van der Waals surface area contributed by atoms with Crippen molar-refractivity contribution in [1.29, 1.82) is 0 Å². The third kappa shape index (κ3) is 4.40. The largest absolute Gasteiger partial charge is 0.494 e. The number of carbonyl (C=O) groups excluding carboxylic acids is 2. The van der Waals surface area contributed by atoms with Crippen LogP contribution in [0.5, 0.6) is 5.88 Å². The Morgan fingerprint density at radius 3 is 2.47 bits per heavy atom. The monoisotopic (exact) mass is 456 g/mol. The zero-order valence-corrected chi connectivity index (χ0v) is 18.1. The highest BCUT2D eigenvalue weighted by atomic mass is 16.5. The van der Waals surface area contributed by atoms with Gasteiger partial charge in [-0.1, -0.05) is 18.2 Å². The fourth-order valence-corrected chi connectivity index (χ4v) is 3.41. The number of hydrazone groups is 1. The molecule has 0 fully saturated rings. The van der Waals surface area contributed by atoms with Crippen LogP contribution in [0, 0.1) is 0 Å². The number of hydrogen-bond acceptors (Lipinski definition) is 7. The van der Waals surface area contributed by atoms with Crippen molar-refractivity contribution in [1.82, 2.24) is 15.0 Å². The van der Waals surface area contributed by atoms with Crippen LogP contribution in [0.4, 0.5) is 0 Å². The minimum Gasteiger partial charge on any atom is -0.494 e. The molecule has 0 aliphatic carbocycles. The molecule has 2 heterocycles. The van der Waals surface area contributed by atoms with E-state index in [0.717, 1.165) is 4.57 Å². The van der Waals surface area contributed by atoms with Gasteiger partial charge in [-0.2, -0.15) is 5.10 Å². The van der Waals surface area contributed by atoms with Gasteiger partial charge in [0, 0.05) is 23.2 Å². The average molecular weight is 456 g/mol. The lowest BCUT2D eigenvalue weighted by molar-refractivity contribution is 0.0526. The summed E-state index contributed by atoms with van der Waals surface area (Å²) in [5.74, 6) is -1.33. The third-order valence-corrected chi connectivity index (χ3v) is 5.02. The summed E-state index contributed by atoms with van der Waals surface area (Å²) in [5.41, 5.74) is 3.15. The van der Waals surface area contributed by atoms with Crippen LogP contribution < -0.4 is 11.0 Å². The minimum atomic E-state index is -0.485. The molecule has 0 atom stereocenters. The Labute approximate surface area is 194 Å². The fourth-order valence-electron chi connectivity index (χ4n) is 3.41. The molecule has 2 aromatic heterocycles. The summed E-state index contributed by atoms with van der Waals surface area (Å²) in [4.78, 5) is 41.2. The second-order valence-electron chi connectivity index (χ2n) is 7.13. The van der Waals surface area contributed by atoms with E-state index < -0.39 is 17.4 Å². The number of nitrogens with one attached hydrogen (secondary N) is 1. The van der Waals surface area contributed by atoms with E-state index in [2.05, 4.69) is 15.5 Å². The number of nitrogens with zero attached hydrogens (tertiary/aromatic N) is 3. The molecular formula is C25H20N4O5. The highest BCUT2D eigenvalue weighted by molar-refractivity contribution is 6.02. The second-order valence-corrected chi connectivity index (χ2v) is 7.13. The zero-order chi connectivity index (χ0) is 24.1. The van der Waals surface area contributed by atoms with Gasteiger partial charge < -0.3 is 9.84 Å². The van der Waals surface area contributed by atoms with Crippen molar-refractivity contribution in [2.75, 3.05) is 6.61 Å². The number of rotatable bonds is 6. The third-order valence-electron chi connectivity index (χ3n) is 5.02. The topological polar surface area (TPSA) is 123 Å². The number of esters is 1. The Morgan fingerprint density at radius 1 is 1.06 bits per heavy atom. The van der Waals surface area contributed by atoms with Gasteiger partial charge in [-0.3, -0.25) is 14.6 Å². The molecule has 9 heteroatoms. The molecular weight excluding hydrogens is 436 g/mol. The number of benzene rings is 2. The van der Waals surface area contributed by atoms with E-state index in [1.54, 1.807) is 49.5 Å². The van der Waals surface area contributed by atoms with E-state index >= 15 is 0 Å². The van der Waals surface area contributed by atoms with Crippen LogP contribution in [0.2, 0.25) is 0 Å². The molecule has 0 radical (unpaired) electrons. The summed E-state index contributed by atoms with van der Waals surface area (Å²) in [7, 11) is 0. The Bertz CT molecular complexity index is 1440. The van der Waals surface area contributed by atoms with Crippen molar-refractivity contribution in [3.05, 3.63) is 100 Å². The summed E-state index contributed by atoms with van der Waals surface area (Å²) in [6, 6.07) is 16.0. The first-order chi connectivity index (χ1) is 16.5. The van der Waals surface area contributed by atoms with Crippen molar-refractivity contribution < 1.29 is 19.4 Å². The fraction of sp³-hybridized carbons (Fsp3) is 0.0800. The molecule has 4 rings (SSSR count). The number of ether oxygens (including phenoxy) is 1. The first kappa shape index (κ1) is 22.4. The SMILES string of the molecule is CCOC(=O)c1ccc(-n2c(O)c(/C=N\NC(=O)c3cccnc3)c3ccccc3c2=O)cc1.